The molecule has 0 aliphatic rings. The molecule has 0 amide bonds. The van der Waals surface area contributed by atoms with Gasteiger partial charge in [-0.2, -0.15) is 7.82 Å². The molecule has 0 aromatic carbocycles. The fourth-order valence-corrected chi connectivity index (χ4v) is 0. The summed E-state index contributed by atoms with van der Waals surface area (Å²) in [7, 11) is -5.39. The highest BCUT2D eigenvalue weighted by Crippen LogP contribution is 2.03. The van der Waals surface area contributed by atoms with Crippen LogP contribution in [0.15, 0.2) is 0 Å². The highest BCUT2D eigenvalue weighted by atomic mass is 31.2. The first-order valence-corrected chi connectivity index (χ1v) is 4.12. The molecule has 14 heteroatoms. The SMILES string of the molecule is NN[NH3+].NN[NH3+].NN[NH3+].O=P([O-])([O-])[O-]. The molecule has 14 heavy (non-hydrogen) atoms. The Morgan fingerprint density at radius 3 is 0.857 bits per heavy atom. The minimum absolute atomic E-state index is 2.00. The summed E-state index contributed by atoms with van der Waals surface area (Å²) >= 11 is 0. The fraction of sp³-hybridized carbons (Fsp3) is 0. The van der Waals surface area contributed by atoms with E-state index in [9.17, 15) is 0 Å². The van der Waals surface area contributed by atoms with Crippen molar-refractivity contribution < 1.29 is 36.8 Å². The van der Waals surface area contributed by atoms with Crippen LogP contribution in [0.4, 0.5) is 0 Å². The summed E-state index contributed by atoms with van der Waals surface area (Å²) in [6, 6.07) is 0. The average molecular weight is 239 g/mol. The maximum Gasteiger partial charge on any atom is -0.107 e. The van der Waals surface area contributed by atoms with Crippen LogP contribution in [0.25, 0.3) is 0 Å². The van der Waals surface area contributed by atoms with Gasteiger partial charge in [-0.05, 0) is 0 Å². The monoisotopic (exact) mass is 239 g/mol. The molecule has 0 aromatic rings. The third kappa shape index (κ3) is 21700. The average Bonchev–Trinajstić information content (AvgIpc) is 1.86. The summed E-state index contributed by atoms with van der Waals surface area (Å²) in [6.45, 7) is 0. The Morgan fingerprint density at radius 2 is 0.857 bits per heavy atom. The molecular formula is H18N9O4P. The molecule has 0 bridgehead atoms. The van der Waals surface area contributed by atoms with Gasteiger partial charge in [-0.25, -0.2) is 17.5 Å². The molecule has 0 unspecified atom stereocenters. The van der Waals surface area contributed by atoms with Crippen molar-refractivity contribution in [3.63, 3.8) is 0 Å². The topological polar surface area (TPSA) is 283 Å². The lowest BCUT2D eigenvalue weighted by Crippen LogP contribution is -2.68. The van der Waals surface area contributed by atoms with Crippen LogP contribution in [-0.2, 0) is 4.57 Å². The number of hydrazine groups is 3. The van der Waals surface area contributed by atoms with Crippen LogP contribution >= 0.6 is 7.82 Å². The Balaban J connectivity index is -0.0000000495. The van der Waals surface area contributed by atoms with Crippen LogP contribution in [0.2, 0.25) is 0 Å². The van der Waals surface area contributed by atoms with E-state index in [1.165, 1.54) is 0 Å². The molecule has 0 aliphatic heterocycles. The molecule has 0 rings (SSSR count). The molecule has 0 aromatic heterocycles. The number of nitrogens with one attached hydrogen (secondary N) is 3. The van der Waals surface area contributed by atoms with Crippen LogP contribution in [0.5, 0.6) is 0 Å². The number of quaternary nitrogens is 3. The second-order valence-corrected chi connectivity index (χ2v) is 1.95. The summed E-state index contributed by atoms with van der Waals surface area (Å²) in [5, 5.41) is 0. The summed E-state index contributed by atoms with van der Waals surface area (Å²) in [4.78, 5) is 25.6. The molecule has 0 saturated heterocycles. The molecule has 0 heterocycles. The number of hydrogen-bond donors (Lipinski definition) is 9. The lowest BCUT2D eigenvalue weighted by molar-refractivity contribution is -0.445. The molecule has 0 saturated carbocycles. The zero-order valence-corrected chi connectivity index (χ0v) is 8.33. The van der Waals surface area contributed by atoms with Crippen molar-refractivity contribution in [1.29, 1.82) is 0 Å². The molecule has 0 fully saturated rings. The highest BCUT2D eigenvalue weighted by Gasteiger charge is 1.44. The second-order valence-electron chi connectivity index (χ2n) is 1.06. The van der Waals surface area contributed by atoms with Crippen molar-refractivity contribution >= 4 is 7.82 Å². The summed E-state index contributed by atoms with van der Waals surface area (Å²) in [5.74, 6) is 22.5. The van der Waals surface area contributed by atoms with E-state index in [1.54, 1.807) is 0 Å². The van der Waals surface area contributed by atoms with Crippen LogP contribution in [0.1, 0.15) is 0 Å². The van der Waals surface area contributed by atoms with Gasteiger partial charge in [0.2, 0.25) is 0 Å². The summed E-state index contributed by atoms with van der Waals surface area (Å²) in [6.07, 6.45) is 0. The van der Waals surface area contributed by atoms with Gasteiger partial charge in [0.1, 0.15) is 0 Å². The van der Waals surface area contributed by atoms with Crippen molar-refractivity contribution in [3.05, 3.63) is 0 Å². The van der Waals surface area contributed by atoms with Crippen molar-refractivity contribution in [3.8, 4) is 0 Å². The molecule has 92 valence electrons. The first-order chi connectivity index (χ1) is 6.24. The van der Waals surface area contributed by atoms with Crippen LogP contribution < -0.4 is 66.3 Å². The Hall–Kier alpha value is -0.250. The quantitative estimate of drug-likeness (QED) is 0.109. The number of nitrogens with two attached hydrogens (primary N) is 3. The highest BCUT2D eigenvalue weighted by molar-refractivity contribution is 7.40. The van der Waals surface area contributed by atoms with E-state index >= 15 is 0 Å². The Morgan fingerprint density at radius 1 is 0.857 bits per heavy atom. The number of phosphoric acid groups is 1. The predicted molar refractivity (Wildman–Crippen MR) is 38.2 cm³/mol. The number of rotatable bonds is 0. The first-order valence-electron chi connectivity index (χ1n) is 2.66. The minimum Gasteiger partial charge on any atom is -0.822 e. The van der Waals surface area contributed by atoms with Gasteiger partial charge in [-0.1, -0.05) is 0 Å². The third-order valence-corrected chi connectivity index (χ3v) is 0. The smallest absolute Gasteiger partial charge is 0.107 e. The lowest BCUT2D eigenvalue weighted by atomic mass is 12.6. The van der Waals surface area contributed by atoms with Crippen LogP contribution in [0, 0.1) is 0 Å². The van der Waals surface area contributed by atoms with Gasteiger partial charge >= 0.3 is 0 Å². The van der Waals surface area contributed by atoms with Gasteiger partial charge < -0.3 is 19.2 Å². The van der Waals surface area contributed by atoms with E-state index in [0.717, 1.165) is 0 Å². The van der Waals surface area contributed by atoms with E-state index in [-0.39, 0.29) is 0 Å². The Kier molecular flexibility index (Phi) is 38.6. The molecular weight excluding hydrogens is 221 g/mol. The maximum absolute atomic E-state index is 8.55. The molecule has 18 N–H and O–H groups in total. The Labute approximate surface area is 79.8 Å². The molecule has 13 nitrogen and oxygen atoms in total. The van der Waals surface area contributed by atoms with Gasteiger partial charge in [0.05, 0.1) is 0 Å². The van der Waals surface area contributed by atoms with E-state index < -0.39 is 7.82 Å². The standard InChI is InChI=1S/3H5N3.H3O4P/c3*1-3-2;1-5(2,3)4/h3*3H,1-2H2;(H3,1,2,3,4). The predicted octanol–water partition coefficient (Wildman–Crippen LogP) is -10.0. The van der Waals surface area contributed by atoms with Crippen molar-refractivity contribution in [2.24, 2.45) is 17.5 Å². The molecule has 0 spiro atoms. The largest absolute Gasteiger partial charge is 0.822 e. The summed E-state index contributed by atoms with van der Waals surface area (Å²) in [5.41, 5.74) is 6.00. The van der Waals surface area contributed by atoms with Crippen molar-refractivity contribution in [2.75, 3.05) is 0 Å². The minimum atomic E-state index is -5.39. The Bertz CT molecular complexity index is 88.0. The van der Waals surface area contributed by atoms with Gasteiger partial charge in [0, 0.05) is 0 Å². The van der Waals surface area contributed by atoms with E-state index in [2.05, 4.69) is 35.1 Å². The first kappa shape index (κ1) is 23.5. The van der Waals surface area contributed by atoms with E-state index in [4.69, 9.17) is 19.2 Å². The van der Waals surface area contributed by atoms with Crippen molar-refractivity contribution in [2.45, 2.75) is 0 Å². The van der Waals surface area contributed by atoms with Gasteiger partial charge in [0.15, 0.2) is 0 Å². The maximum atomic E-state index is 8.55. The van der Waals surface area contributed by atoms with Gasteiger partial charge in [0.25, 0.3) is 0 Å². The zero-order chi connectivity index (χ0) is 12.6. The van der Waals surface area contributed by atoms with E-state index in [1.807, 2.05) is 16.6 Å². The van der Waals surface area contributed by atoms with Gasteiger partial charge in [-0.15, -0.1) is 16.6 Å². The lowest BCUT2D eigenvalue weighted by Gasteiger charge is -2.36. The van der Waals surface area contributed by atoms with E-state index in [0.29, 0.717) is 0 Å². The second kappa shape index (κ2) is 23.0. The fourth-order valence-electron chi connectivity index (χ4n) is 0. The van der Waals surface area contributed by atoms with Crippen LogP contribution in [-0.4, -0.2) is 0 Å². The summed E-state index contributed by atoms with van der Waals surface area (Å²) < 4.78 is 8.55. The van der Waals surface area contributed by atoms with Crippen LogP contribution in [0.3, 0.4) is 0 Å². The third-order valence-electron chi connectivity index (χ3n) is 0. The zero-order valence-electron chi connectivity index (χ0n) is 7.43. The van der Waals surface area contributed by atoms with Gasteiger partial charge in [-0.3, -0.25) is 17.5 Å². The molecule has 0 aliphatic carbocycles. The number of hydrogen-bond acceptors (Lipinski definition) is 10. The molecule has 0 atom stereocenters. The normalized spacial score (nSPS) is 8.07. The molecule has 0 radical (unpaired) electrons. The van der Waals surface area contributed by atoms with Crippen molar-refractivity contribution in [1.82, 2.24) is 16.6 Å².